The zero-order valence-electron chi connectivity index (χ0n) is 16.2. The SMILES string of the molecule is CN1CCN(S(=O)(=O)c2ccc(N3CC=C(c4ccccc4)CC3)nc2)CC1. The molecule has 0 amide bonds. The van der Waals surface area contributed by atoms with E-state index in [-0.39, 0.29) is 4.90 Å². The third-order valence-corrected chi connectivity index (χ3v) is 7.38. The van der Waals surface area contributed by atoms with Crippen LogP contribution < -0.4 is 4.90 Å². The second-order valence-corrected chi connectivity index (χ2v) is 9.29. The van der Waals surface area contributed by atoms with Gasteiger partial charge in [-0.3, -0.25) is 0 Å². The van der Waals surface area contributed by atoms with Crippen molar-refractivity contribution in [3.63, 3.8) is 0 Å². The van der Waals surface area contributed by atoms with Crippen LogP contribution in [0.15, 0.2) is 59.6 Å². The van der Waals surface area contributed by atoms with Crippen LogP contribution in [0.5, 0.6) is 0 Å². The summed E-state index contributed by atoms with van der Waals surface area (Å²) in [6, 6.07) is 13.9. The second-order valence-electron chi connectivity index (χ2n) is 7.35. The Labute approximate surface area is 167 Å². The van der Waals surface area contributed by atoms with Crippen LogP contribution >= 0.6 is 0 Å². The predicted octanol–water partition coefficient (Wildman–Crippen LogP) is 2.31. The number of piperazine rings is 1. The van der Waals surface area contributed by atoms with E-state index in [9.17, 15) is 8.42 Å². The lowest BCUT2D eigenvalue weighted by molar-refractivity contribution is 0.222. The van der Waals surface area contributed by atoms with Crippen molar-refractivity contribution < 1.29 is 8.42 Å². The van der Waals surface area contributed by atoms with Crippen LogP contribution in [0.3, 0.4) is 0 Å². The van der Waals surface area contributed by atoms with E-state index in [2.05, 4.69) is 45.1 Å². The fourth-order valence-corrected chi connectivity index (χ4v) is 5.05. The van der Waals surface area contributed by atoms with Gasteiger partial charge in [-0.15, -0.1) is 0 Å². The van der Waals surface area contributed by atoms with Crippen LogP contribution in [0.25, 0.3) is 5.57 Å². The van der Waals surface area contributed by atoms with Gasteiger partial charge in [-0.1, -0.05) is 36.4 Å². The molecule has 0 radical (unpaired) electrons. The van der Waals surface area contributed by atoms with Gasteiger partial charge in [0, 0.05) is 45.5 Å². The summed E-state index contributed by atoms with van der Waals surface area (Å²) < 4.78 is 27.2. The topological polar surface area (TPSA) is 56.8 Å². The molecule has 0 saturated carbocycles. The highest BCUT2D eigenvalue weighted by molar-refractivity contribution is 7.89. The van der Waals surface area contributed by atoms with Crippen LogP contribution in [0.1, 0.15) is 12.0 Å². The largest absolute Gasteiger partial charge is 0.353 e. The Morgan fingerprint density at radius 1 is 0.929 bits per heavy atom. The van der Waals surface area contributed by atoms with Crippen LogP contribution in [-0.2, 0) is 10.0 Å². The lowest BCUT2D eigenvalue weighted by Gasteiger charge is -2.31. The minimum absolute atomic E-state index is 0.276. The monoisotopic (exact) mass is 398 g/mol. The first-order valence-corrected chi connectivity index (χ1v) is 11.1. The number of likely N-dealkylation sites (N-methyl/N-ethyl adjacent to an activating group) is 1. The van der Waals surface area contributed by atoms with Crippen LogP contribution in [0, 0.1) is 0 Å². The van der Waals surface area contributed by atoms with Gasteiger partial charge in [0.1, 0.15) is 10.7 Å². The standard InChI is InChI=1S/C21H26N4O2S/c1-23-13-15-25(16-14-23)28(26,27)20-7-8-21(22-17-20)24-11-9-19(10-12-24)18-5-3-2-4-6-18/h2-9,17H,10-16H2,1H3. The van der Waals surface area contributed by atoms with Crippen molar-refractivity contribution >= 4 is 21.4 Å². The molecule has 1 saturated heterocycles. The molecule has 0 atom stereocenters. The Bertz CT molecular complexity index is 934. The normalized spacial score (nSPS) is 19.5. The van der Waals surface area contributed by atoms with Gasteiger partial charge in [0.25, 0.3) is 0 Å². The highest BCUT2D eigenvalue weighted by Crippen LogP contribution is 2.25. The van der Waals surface area contributed by atoms with Gasteiger partial charge in [-0.2, -0.15) is 4.31 Å². The van der Waals surface area contributed by atoms with Crippen molar-refractivity contribution in [3.8, 4) is 0 Å². The van der Waals surface area contributed by atoms with E-state index in [1.807, 2.05) is 19.2 Å². The zero-order chi connectivity index (χ0) is 19.6. The molecule has 28 heavy (non-hydrogen) atoms. The van der Waals surface area contributed by atoms with Gasteiger partial charge in [0.15, 0.2) is 0 Å². The van der Waals surface area contributed by atoms with Gasteiger partial charge in [-0.05, 0) is 36.7 Å². The number of aromatic nitrogens is 1. The maximum absolute atomic E-state index is 12.8. The van der Waals surface area contributed by atoms with Crippen molar-refractivity contribution in [2.24, 2.45) is 0 Å². The number of anilines is 1. The fourth-order valence-electron chi connectivity index (χ4n) is 3.68. The molecular weight excluding hydrogens is 372 g/mol. The number of hydrogen-bond acceptors (Lipinski definition) is 5. The molecule has 7 heteroatoms. The fraction of sp³-hybridized carbons (Fsp3) is 0.381. The average Bonchev–Trinajstić information content (AvgIpc) is 2.75. The number of pyridine rings is 1. The lowest BCUT2D eigenvalue weighted by atomic mass is 10.00. The number of benzene rings is 1. The zero-order valence-corrected chi connectivity index (χ0v) is 17.0. The number of rotatable bonds is 4. The van der Waals surface area contributed by atoms with E-state index in [0.29, 0.717) is 13.1 Å². The van der Waals surface area contributed by atoms with Crippen molar-refractivity contribution in [1.29, 1.82) is 0 Å². The molecule has 1 aromatic heterocycles. The molecule has 1 fully saturated rings. The van der Waals surface area contributed by atoms with Crippen LogP contribution in [0.2, 0.25) is 0 Å². The van der Waals surface area contributed by atoms with E-state index < -0.39 is 10.0 Å². The van der Waals surface area contributed by atoms with Gasteiger partial charge >= 0.3 is 0 Å². The van der Waals surface area contributed by atoms with Crippen molar-refractivity contribution in [1.82, 2.24) is 14.2 Å². The smallest absolute Gasteiger partial charge is 0.244 e. The van der Waals surface area contributed by atoms with E-state index in [4.69, 9.17) is 0 Å². The quantitative estimate of drug-likeness (QED) is 0.791. The molecule has 0 unspecified atom stereocenters. The summed E-state index contributed by atoms with van der Waals surface area (Å²) >= 11 is 0. The van der Waals surface area contributed by atoms with Crippen molar-refractivity contribution in [2.75, 3.05) is 51.2 Å². The highest BCUT2D eigenvalue weighted by Gasteiger charge is 2.28. The van der Waals surface area contributed by atoms with Crippen molar-refractivity contribution in [2.45, 2.75) is 11.3 Å². The van der Waals surface area contributed by atoms with Crippen LogP contribution in [-0.4, -0.2) is 68.9 Å². The number of sulfonamides is 1. The van der Waals surface area contributed by atoms with Gasteiger partial charge in [0.05, 0.1) is 0 Å². The molecule has 3 heterocycles. The molecular formula is C21H26N4O2S. The molecule has 2 aromatic rings. The Morgan fingerprint density at radius 3 is 2.29 bits per heavy atom. The maximum Gasteiger partial charge on any atom is 0.244 e. The molecule has 1 aromatic carbocycles. The Balaban J connectivity index is 1.45. The molecule has 2 aliphatic rings. The first-order chi connectivity index (χ1) is 13.5. The summed E-state index contributed by atoms with van der Waals surface area (Å²) in [6.07, 6.45) is 4.68. The second kappa shape index (κ2) is 8.03. The molecule has 148 valence electrons. The Hall–Kier alpha value is -2.22. The molecule has 0 bridgehead atoms. The molecule has 2 aliphatic heterocycles. The summed E-state index contributed by atoms with van der Waals surface area (Å²) in [5.74, 6) is 0.820. The number of hydrogen-bond donors (Lipinski definition) is 0. The lowest BCUT2D eigenvalue weighted by Crippen LogP contribution is -2.47. The summed E-state index contributed by atoms with van der Waals surface area (Å²) in [6.45, 7) is 4.23. The minimum atomic E-state index is -3.46. The first kappa shape index (κ1) is 19.1. The molecule has 0 N–H and O–H groups in total. The summed E-state index contributed by atoms with van der Waals surface area (Å²) in [5.41, 5.74) is 2.62. The first-order valence-electron chi connectivity index (χ1n) is 9.68. The summed E-state index contributed by atoms with van der Waals surface area (Å²) in [7, 11) is -1.45. The van der Waals surface area contributed by atoms with E-state index in [1.54, 1.807) is 10.4 Å². The maximum atomic E-state index is 12.8. The predicted molar refractivity (Wildman–Crippen MR) is 112 cm³/mol. The summed E-state index contributed by atoms with van der Waals surface area (Å²) in [4.78, 5) is 9.05. The third-order valence-electron chi connectivity index (χ3n) is 5.50. The van der Waals surface area contributed by atoms with Gasteiger partial charge in [0.2, 0.25) is 10.0 Å². The molecule has 0 aliphatic carbocycles. The molecule has 6 nitrogen and oxygen atoms in total. The van der Waals surface area contributed by atoms with E-state index in [0.717, 1.165) is 38.4 Å². The number of nitrogens with zero attached hydrogens (tertiary/aromatic N) is 4. The minimum Gasteiger partial charge on any atom is -0.353 e. The van der Waals surface area contributed by atoms with E-state index in [1.165, 1.54) is 17.3 Å². The molecule has 4 rings (SSSR count). The Kier molecular flexibility index (Phi) is 5.48. The highest BCUT2D eigenvalue weighted by atomic mass is 32.2. The third kappa shape index (κ3) is 3.97. The van der Waals surface area contributed by atoms with Crippen molar-refractivity contribution in [3.05, 3.63) is 60.3 Å². The van der Waals surface area contributed by atoms with Gasteiger partial charge in [-0.25, -0.2) is 13.4 Å². The average molecular weight is 399 g/mol. The molecule has 0 spiro atoms. The van der Waals surface area contributed by atoms with Gasteiger partial charge < -0.3 is 9.80 Å². The Morgan fingerprint density at radius 2 is 1.68 bits per heavy atom. The van der Waals surface area contributed by atoms with Crippen LogP contribution in [0.4, 0.5) is 5.82 Å². The van der Waals surface area contributed by atoms with E-state index >= 15 is 0 Å². The summed E-state index contributed by atoms with van der Waals surface area (Å²) in [5, 5.41) is 0.